The molecule has 0 unspecified atom stereocenters. The summed E-state index contributed by atoms with van der Waals surface area (Å²) in [5.74, 6) is -1.81. The number of aromatic hydroxyl groups is 1. The summed E-state index contributed by atoms with van der Waals surface area (Å²) in [6.07, 6.45) is -4.42. The zero-order valence-corrected chi connectivity index (χ0v) is 15.7. The first-order chi connectivity index (χ1) is 13.6. The number of rotatable bonds is 5. The number of aryl methyl sites for hydroxylation is 1. The summed E-state index contributed by atoms with van der Waals surface area (Å²) in [6, 6.07) is 11.3. The Morgan fingerprint density at radius 1 is 1.03 bits per heavy atom. The van der Waals surface area contributed by atoms with Crippen molar-refractivity contribution in [2.45, 2.75) is 26.6 Å². The van der Waals surface area contributed by atoms with Gasteiger partial charge in [-0.2, -0.15) is 13.2 Å². The van der Waals surface area contributed by atoms with Crippen LogP contribution in [0.3, 0.4) is 0 Å². The Morgan fingerprint density at radius 3 is 2.28 bits per heavy atom. The van der Waals surface area contributed by atoms with Gasteiger partial charge in [0.1, 0.15) is 17.9 Å². The van der Waals surface area contributed by atoms with Gasteiger partial charge in [-0.15, -0.1) is 0 Å². The largest absolute Gasteiger partial charge is 0.507 e. The summed E-state index contributed by atoms with van der Waals surface area (Å²) in [4.78, 5) is 24.7. The molecule has 0 amide bonds. The number of carbonyl (C=O) groups is 2. The second kappa shape index (κ2) is 7.62. The molecule has 0 saturated heterocycles. The number of nitrogens with zero attached hydrogens (tertiary/aromatic N) is 1. The molecule has 0 aliphatic rings. The van der Waals surface area contributed by atoms with Gasteiger partial charge in [0.25, 0.3) is 0 Å². The van der Waals surface area contributed by atoms with Crippen molar-refractivity contribution >= 4 is 22.5 Å². The summed E-state index contributed by atoms with van der Waals surface area (Å²) < 4.78 is 44.1. The smallest absolute Gasteiger partial charge is 0.406 e. The van der Waals surface area contributed by atoms with Gasteiger partial charge in [-0.3, -0.25) is 4.79 Å². The molecule has 1 heterocycles. The molecule has 0 atom stereocenters. The second-order valence-electron chi connectivity index (χ2n) is 6.70. The fourth-order valence-electron chi connectivity index (χ4n) is 3.18. The Kier molecular flexibility index (Phi) is 5.37. The molecule has 5 nitrogen and oxygen atoms in total. The van der Waals surface area contributed by atoms with E-state index >= 15 is 0 Å². The minimum absolute atomic E-state index is 0.0577. The Balaban J connectivity index is 1.75. The number of hydrogen-bond donors (Lipinski definition) is 1. The van der Waals surface area contributed by atoms with Gasteiger partial charge in [0.05, 0.1) is 0 Å². The number of benzene rings is 2. The highest BCUT2D eigenvalue weighted by molar-refractivity contribution is 6.02. The normalized spacial score (nSPS) is 11.6. The van der Waals surface area contributed by atoms with Gasteiger partial charge in [0.15, 0.2) is 6.61 Å². The van der Waals surface area contributed by atoms with Crippen molar-refractivity contribution in [3.63, 3.8) is 0 Å². The van der Waals surface area contributed by atoms with Crippen LogP contribution in [0.1, 0.15) is 32.1 Å². The number of ketones is 1. The van der Waals surface area contributed by atoms with Crippen LogP contribution < -0.4 is 0 Å². The topological polar surface area (TPSA) is 68.5 Å². The number of ether oxygens (including phenoxy) is 1. The van der Waals surface area contributed by atoms with Crippen molar-refractivity contribution in [2.75, 3.05) is 6.61 Å². The highest BCUT2D eigenvalue weighted by atomic mass is 19.4. The summed E-state index contributed by atoms with van der Waals surface area (Å²) in [6.45, 7) is 1.02. The number of phenolic OH excluding ortho intramolecular Hbond substituents is 1. The van der Waals surface area contributed by atoms with Crippen molar-refractivity contribution in [3.05, 3.63) is 65.0 Å². The molecule has 3 rings (SSSR count). The number of halogens is 3. The third kappa shape index (κ3) is 4.42. The van der Waals surface area contributed by atoms with E-state index in [1.165, 1.54) is 32.0 Å². The number of Topliss-reactive ketones (excluding diaryl/α,β-unsaturated/α-hetero) is 1. The number of fused-ring (bicyclic) bond motifs is 1. The molecule has 0 fully saturated rings. The van der Waals surface area contributed by atoms with Crippen LogP contribution in [-0.2, 0) is 11.3 Å². The average molecular weight is 405 g/mol. The first-order valence-corrected chi connectivity index (χ1v) is 8.72. The van der Waals surface area contributed by atoms with Gasteiger partial charge < -0.3 is 14.4 Å². The molecule has 0 radical (unpaired) electrons. The van der Waals surface area contributed by atoms with E-state index in [9.17, 15) is 27.9 Å². The molecule has 0 bridgehead atoms. The van der Waals surface area contributed by atoms with E-state index in [2.05, 4.69) is 0 Å². The van der Waals surface area contributed by atoms with Gasteiger partial charge >= 0.3 is 12.1 Å². The zero-order valence-electron chi connectivity index (χ0n) is 15.7. The minimum atomic E-state index is -4.42. The van der Waals surface area contributed by atoms with Gasteiger partial charge in [-0.1, -0.05) is 24.3 Å². The highest BCUT2D eigenvalue weighted by Gasteiger charge is 2.30. The second-order valence-corrected chi connectivity index (χ2v) is 6.70. The Hall–Kier alpha value is -3.29. The van der Waals surface area contributed by atoms with Crippen molar-refractivity contribution < 1.29 is 32.6 Å². The zero-order chi connectivity index (χ0) is 21.3. The maximum absolute atomic E-state index is 12.7. The molecule has 0 aliphatic heterocycles. The molecule has 8 heteroatoms. The van der Waals surface area contributed by atoms with E-state index in [1.54, 1.807) is 24.3 Å². The maximum Gasteiger partial charge on any atom is 0.406 e. The number of phenols is 1. The van der Waals surface area contributed by atoms with E-state index in [1.807, 2.05) is 0 Å². The lowest BCUT2D eigenvalue weighted by Crippen LogP contribution is -2.20. The standard InChI is InChI=1S/C21H18F3NO4/c1-12-7-16(13(2)25(12)11-21(22,23)24)19(27)10-29-20(28)17-8-14-5-3-4-6-15(14)9-18(17)26/h3-9,26H,10-11H2,1-2H3. The van der Waals surface area contributed by atoms with Crippen molar-refractivity contribution in [3.8, 4) is 5.75 Å². The lowest BCUT2D eigenvalue weighted by molar-refractivity contribution is -0.141. The molecule has 0 saturated carbocycles. The SMILES string of the molecule is Cc1cc(C(=O)COC(=O)c2cc3ccccc3cc2O)c(C)n1CC(F)(F)F. The van der Waals surface area contributed by atoms with E-state index in [4.69, 9.17) is 4.74 Å². The van der Waals surface area contributed by atoms with Crippen LogP contribution in [0.4, 0.5) is 13.2 Å². The van der Waals surface area contributed by atoms with Gasteiger partial charge in [-0.05, 0) is 42.8 Å². The van der Waals surface area contributed by atoms with Gasteiger partial charge in [0, 0.05) is 17.0 Å². The van der Waals surface area contributed by atoms with Gasteiger partial charge in [0.2, 0.25) is 5.78 Å². The third-order valence-corrected chi connectivity index (χ3v) is 4.63. The number of carbonyl (C=O) groups excluding carboxylic acids is 2. The number of esters is 1. The van der Waals surface area contributed by atoms with Crippen LogP contribution >= 0.6 is 0 Å². The van der Waals surface area contributed by atoms with Crippen LogP contribution in [0.5, 0.6) is 5.75 Å². The number of aromatic nitrogens is 1. The minimum Gasteiger partial charge on any atom is -0.507 e. The Labute approximate surface area is 164 Å². The van der Waals surface area contributed by atoms with E-state index in [-0.39, 0.29) is 28.3 Å². The Morgan fingerprint density at radius 2 is 1.66 bits per heavy atom. The van der Waals surface area contributed by atoms with Crippen molar-refractivity contribution in [1.82, 2.24) is 4.57 Å². The fourth-order valence-corrected chi connectivity index (χ4v) is 3.18. The van der Waals surface area contributed by atoms with Crippen LogP contribution in [0.15, 0.2) is 42.5 Å². The first-order valence-electron chi connectivity index (χ1n) is 8.72. The van der Waals surface area contributed by atoms with E-state index in [0.717, 1.165) is 9.95 Å². The van der Waals surface area contributed by atoms with Crippen LogP contribution in [0.25, 0.3) is 10.8 Å². The fraction of sp³-hybridized carbons (Fsp3) is 0.238. The monoisotopic (exact) mass is 405 g/mol. The summed E-state index contributed by atoms with van der Waals surface area (Å²) in [7, 11) is 0. The summed E-state index contributed by atoms with van der Waals surface area (Å²) in [5, 5.41) is 11.5. The highest BCUT2D eigenvalue weighted by Crippen LogP contribution is 2.26. The molecule has 1 N–H and O–H groups in total. The molecule has 152 valence electrons. The first kappa shape index (κ1) is 20.4. The third-order valence-electron chi connectivity index (χ3n) is 4.63. The molecule has 0 spiro atoms. The quantitative estimate of drug-likeness (QED) is 0.499. The molecule has 2 aromatic carbocycles. The predicted octanol–water partition coefficient (Wildman–Crippen LogP) is 4.57. The number of alkyl halides is 3. The van der Waals surface area contributed by atoms with E-state index in [0.29, 0.717) is 5.39 Å². The molecule has 29 heavy (non-hydrogen) atoms. The van der Waals surface area contributed by atoms with Gasteiger partial charge in [-0.25, -0.2) is 4.79 Å². The average Bonchev–Trinajstić information content (AvgIpc) is 2.92. The van der Waals surface area contributed by atoms with E-state index < -0.39 is 31.1 Å². The lowest BCUT2D eigenvalue weighted by atomic mass is 10.1. The summed E-state index contributed by atoms with van der Waals surface area (Å²) in [5.41, 5.74) is 0.387. The van der Waals surface area contributed by atoms with Crippen molar-refractivity contribution in [2.24, 2.45) is 0 Å². The molecule has 1 aromatic heterocycles. The van der Waals surface area contributed by atoms with Crippen LogP contribution in [-0.4, -0.2) is 34.2 Å². The molecule has 3 aromatic rings. The lowest BCUT2D eigenvalue weighted by Gasteiger charge is -2.12. The van der Waals surface area contributed by atoms with Crippen LogP contribution in [0.2, 0.25) is 0 Å². The van der Waals surface area contributed by atoms with Crippen molar-refractivity contribution in [1.29, 1.82) is 0 Å². The Bertz CT molecular complexity index is 1100. The predicted molar refractivity (Wildman–Crippen MR) is 100 cm³/mol. The van der Waals surface area contributed by atoms with Crippen LogP contribution in [0, 0.1) is 13.8 Å². The molecular weight excluding hydrogens is 387 g/mol. The number of hydrogen-bond acceptors (Lipinski definition) is 4. The molecule has 0 aliphatic carbocycles. The summed E-state index contributed by atoms with van der Waals surface area (Å²) >= 11 is 0. The molecular formula is C21H18F3NO4. The maximum atomic E-state index is 12.7.